The smallest absolute Gasteiger partial charge is 0.148 e. The van der Waals surface area contributed by atoms with Gasteiger partial charge in [0.1, 0.15) is 5.82 Å². The van der Waals surface area contributed by atoms with Gasteiger partial charge in [-0.25, -0.2) is 4.68 Å². The Hall–Kier alpha value is -1.23. The van der Waals surface area contributed by atoms with E-state index in [1.165, 1.54) is 0 Å². The summed E-state index contributed by atoms with van der Waals surface area (Å²) in [6, 6.07) is 0. The highest BCUT2D eigenvalue weighted by molar-refractivity contribution is 5.64. The number of hydrogen-bond acceptors (Lipinski definition) is 4. The third-order valence-corrected chi connectivity index (χ3v) is 2.99. The summed E-state index contributed by atoms with van der Waals surface area (Å²) in [5.74, 6) is 0.955. The summed E-state index contributed by atoms with van der Waals surface area (Å²) in [4.78, 5) is 0. The summed E-state index contributed by atoms with van der Waals surface area (Å²) in [6.45, 7) is 6.16. The molecule has 1 aromatic rings. The van der Waals surface area contributed by atoms with Crippen LogP contribution in [0.5, 0.6) is 0 Å². The summed E-state index contributed by atoms with van der Waals surface area (Å²) >= 11 is 0. The number of nitrogens with two attached hydrogens (primary N) is 1. The van der Waals surface area contributed by atoms with Gasteiger partial charge in [0.05, 0.1) is 11.4 Å². The average Bonchev–Trinajstić information content (AvgIpc) is 2.61. The van der Waals surface area contributed by atoms with Crippen molar-refractivity contribution in [2.45, 2.75) is 52.5 Å². The normalized spacial score (nSPS) is 10.8. The fourth-order valence-corrected chi connectivity index (χ4v) is 1.95. The van der Waals surface area contributed by atoms with Gasteiger partial charge in [-0.1, -0.05) is 19.8 Å². The number of rotatable bonds is 9. The Bertz CT molecular complexity index is 349. The summed E-state index contributed by atoms with van der Waals surface area (Å²) in [5, 5.41) is 16.5. The lowest BCUT2D eigenvalue weighted by Crippen LogP contribution is -2.10. The zero-order valence-corrected chi connectivity index (χ0v) is 11.6. The van der Waals surface area contributed by atoms with Crippen LogP contribution in [0.3, 0.4) is 0 Å². The van der Waals surface area contributed by atoms with E-state index in [-0.39, 0.29) is 0 Å². The number of aliphatic hydroxyl groups is 1. The molecule has 0 aliphatic heterocycles. The minimum Gasteiger partial charge on any atom is -0.396 e. The van der Waals surface area contributed by atoms with Gasteiger partial charge in [0, 0.05) is 19.7 Å². The summed E-state index contributed by atoms with van der Waals surface area (Å²) < 4.78 is 1.96. The SMILES string of the molecule is CCCn1nc(C)c(N)c1NCCCCCCO. The summed E-state index contributed by atoms with van der Waals surface area (Å²) in [7, 11) is 0. The largest absolute Gasteiger partial charge is 0.396 e. The fourth-order valence-electron chi connectivity index (χ4n) is 1.95. The molecule has 0 aliphatic rings. The lowest BCUT2D eigenvalue weighted by Gasteiger charge is -2.09. The molecular weight excluding hydrogens is 228 g/mol. The van der Waals surface area contributed by atoms with E-state index in [0.29, 0.717) is 6.61 Å². The quantitative estimate of drug-likeness (QED) is 0.590. The van der Waals surface area contributed by atoms with Crippen LogP contribution < -0.4 is 11.1 Å². The van der Waals surface area contributed by atoms with Crippen molar-refractivity contribution >= 4 is 11.5 Å². The Morgan fingerprint density at radius 3 is 2.67 bits per heavy atom. The van der Waals surface area contributed by atoms with Crippen molar-refractivity contribution in [2.75, 3.05) is 24.2 Å². The Morgan fingerprint density at radius 1 is 1.28 bits per heavy atom. The highest BCUT2D eigenvalue weighted by Crippen LogP contribution is 2.22. The van der Waals surface area contributed by atoms with Crippen molar-refractivity contribution in [2.24, 2.45) is 0 Å². The molecule has 0 fully saturated rings. The highest BCUT2D eigenvalue weighted by atomic mass is 16.2. The molecule has 0 aromatic carbocycles. The number of anilines is 2. The first-order valence-corrected chi connectivity index (χ1v) is 6.88. The molecule has 0 spiro atoms. The number of nitrogens with one attached hydrogen (secondary N) is 1. The number of aromatic nitrogens is 2. The molecule has 0 amide bonds. The van der Waals surface area contributed by atoms with Crippen LogP contribution in [0.15, 0.2) is 0 Å². The molecule has 1 rings (SSSR count). The van der Waals surface area contributed by atoms with Gasteiger partial charge in [-0.15, -0.1) is 0 Å². The van der Waals surface area contributed by atoms with Crippen LogP contribution in [0, 0.1) is 6.92 Å². The van der Waals surface area contributed by atoms with E-state index < -0.39 is 0 Å². The van der Waals surface area contributed by atoms with E-state index in [4.69, 9.17) is 10.8 Å². The molecule has 0 bridgehead atoms. The zero-order chi connectivity index (χ0) is 13.4. The second-order valence-electron chi connectivity index (χ2n) is 4.64. The number of unbranched alkanes of at least 4 members (excludes halogenated alkanes) is 3. The van der Waals surface area contributed by atoms with Crippen LogP contribution in [-0.2, 0) is 6.54 Å². The molecule has 0 saturated carbocycles. The maximum absolute atomic E-state index is 8.69. The van der Waals surface area contributed by atoms with Crippen LogP contribution in [0.1, 0.15) is 44.7 Å². The van der Waals surface area contributed by atoms with Crippen molar-refractivity contribution in [3.8, 4) is 0 Å². The van der Waals surface area contributed by atoms with Crippen molar-refractivity contribution in [3.63, 3.8) is 0 Å². The maximum atomic E-state index is 8.69. The van der Waals surface area contributed by atoms with Gasteiger partial charge in [-0.3, -0.25) is 0 Å². The van der Waals surface area contributed by atoms with Gasteiger partial charge in [0.15, 0.2) is 0 Å². The fraction of sp³-hybridized carbons (Fsp3) is 0.769. The first kappa shape index (κ1) is 14.8. The van der Waals surface area contributed by atoms with E-state index in [9.17, 15) is 0 Å². The lowest BCUT2D eigenvalue weighted by atomic mass is 10.2. The van der Waals surface area contributed by atoms with Crippen molar-refractivity contribution in [3.05, 3.63) is 5.69 Å². The molecule has 5 heteroatoms. The Morgan fingerprint density at radius 2 is 2.00 bits per heavy atom. The first-order valence-electron chi connectivity index (χ1n) is 6.88. The number of nitrogens with zero attached hydrogens (tertiary/aromatic N) is 2. The van der Waals surface area contributed by atoms with Crippen molar-refractivity contribution in [1.29, 1.82) is 0 Å². The molecule has 1 aromatic heterocycles. The van der Waals surface area contributed by atoms with Gasteiger partial charge < -0.3 is 16.2 Å². The second-order valence-corrected chi connectivity index (χ2v) is 4.64. The monoisotopic (exact) mass is 254 g/mol. The molecular formula is C13H26N4O. The topological polar surface area (TPSA) is 76.1 Å². The van der Waals surface area contributed by atoms with Crippen LogP contribution in [-0.4, -0.2) is 28.0 Å². The Balaban J connectivity index is 2.40. The predicted molar refractivity (Wildman–Crippen MR) is 75.7 cm³/mol. The highest BCUT2D eigenvalue weighted by Gasteiger charge is 2.10. The van der Waals surface area contributed by atoms with E-state index in [2.05, 4.69) is 17.3 Å². The predicted octanol–water partition coefficient (Wildman–Crippen LogP) is 2.15. The number of hydrogen-bond donors (Lipinski definition) is 3. The van der Waals surface area contributed by atoms with Crippen molar-refractivity contribution in [1.82, 2.24) is 9.78 Å². The second kappa shape index (κ2) is 7.97. The molecule has 1 heterocycles. The molecule has 0 radical (unpaired) electrons. The molecule has 0 atom stereocenters. The maximum Gasteiger partial charge on any atom is 0.148 e. The summed E-state index contributed by atoms with van der Waals surface area (Å²) in [5.41, 5.74) is 7.67. The first-order chi connectivity index (χ1) is 8.70. The molecule has 0 saturated heterocycles. The van der Waals surface area contributed by atoms with Gasteiger partial charge in [-0.2, -0.15) is 5.10 Å². The standard InChI is InChI=1S/C13H26N4O/c1-3-9-17-13(12(14)11(2)16-17)15-8-6-4-5-7-10-18/h15,18H,3-10,14H2,1-2H3. The van der Waals surface area contributed by atoms with Gasteiger partial charge in [0.2, 0.25) is 0 Å². The number of aliphatic hydroxyl groups excluding tert-OH is 1. The minimum atomic E-state index is 0.294. The molecule has 4 N–H and O–H groups in total. The van der Waals surface area contributed by atoms with Gasteiger partial charge >= 0.3 is 0 Å². The van der Waals surface area contributed by atoms with E-state index >= 15 is 0 Å². The number of aryl methyl sites for hydroxylation is 2. The molecule has 0 unspecified atom stereocenters. The molecule has 18 heavy (non-hydrogen) atoms. The average molecular weight is 254 g/mol. The third kappa shape index (κ3) is 4.22. The van der Waals surface area contributed by atoms with Gasteiger partial charge in [-0.05, 0) is 26.2 Å². The third-order valence-electron chi connectivity index (χ3n) is 2.99. The molecule has 104 valence electrons. The zero-order valence-electron chi connectivity index (χ0n) is 11.6. The van der Waals surface area contributed by atoms with Crippen molar-refractivity contribution < 1.29 is 5.11 Å². The Kier molecular flexibility index (Phi) is 6.57. The van der Waals surface area contributed by atoms with Crippen LogP contribution in [0.25, 0.3) is 0 Å². The molecule has 0 aliphatic carbocycles. The van der Waals surface area contributed by atoms with Crippen LogP contribution in [0.2, 0.25) is 0 Å². The minimum absolute atomic E-state index is 0.294. The van der Waals surface area contributed by atoms with Crippen LogP contribution in [0.4, 0.5) is 11.5 Å². The Labute approximate surface area is 109 Å². The van der Waals surface area contributed by atoms with Gasteiger partial charge in [0.25, 0.3) is 0 Å². The van der Waals surface area contributed by atoms with E-state index in [1.807, 2.05) is 11.6 Å². The summed E-state index contributed by atoms with van der Waals surface area (Å²) in [6.07, 6.45) is 5.26. The number of nitrogen functional groups attached to an aromatic ring is 1. The van der Waals surface area contributed by atoms with Crippen LogP contribution >= 0.6 is 0 Å². The lowest BCUT2D eigenvalue weighted by molar-refractivity contribution is 0.283. The van der Waals surface area contributed by atoms with E-state index in [1.54, 1.807) is 0 Å². The molecule has 5 nitrogen and oxygen atoms in total. The van der Waals surface area contributed by atoms with E-state index in [0.717, 1.165) is 62.4 Å².